The first-order valence-corrected chi connectivity index (χ1v) is 9.98. The van der Waals surface area contributed by atoms with Crippen molar-refractivity contribution in [1.29, 1.82) is 0 Å². The van der Waals surface area contributed by atoms with Gasteiger partial charge in [-0.05, 0) is 43.3 Å². The molecule has 1 heterocycles. The highest BCUT2D eigenvalue weighted by Gasteiger charge is 2.28. The summed E-state index contributed by atoms with van der Waals surface area (Å²) in [6.07, 6.45) is 0. The Morgan fingerprint density at radius 3 is 2.10 bits per heavy atom. The molecule has 152 valence electrons. The van der Waals surface area contributed by atoms with Gasteiger partial charge in [-0.15, -0.1) is 11.8 Å². The van der Waals surface area contributed by atoms with E-state index in [2.05, 4.69) is 0 Å². The first-order chi connectivity index (χ1) is 13.8. The molecule has 2 aromatic carbocycles. The fourth-order valence-electron chi connectivity index (χ4n) is 3.06. The summed E-state index contributed by atoms with van der Waals surface area (Å²) in [6, 6.07) is 11.5. The molecule has 0 spiro atoms. The highest BCUT2D eigenvalue weighted by Crippen LogP contribution is 2.26. The maximum Gasteiger partial charge on any atom is 0.269 e. The van der Waals surface area contributed by atoms with Crippen LogP contribution in [-0.2, 0) is 4.79 Å². The van der Waals surface area contributed by atoms with Gasteiger partial charge in [0.05, 0.1) is 10.2 Å². The van der Waals surface area contributed by atoms with Crippen molar-refractivity contribution in [3.05, 3.63) is 70.0 Å². The number of halogens is 1. The monoisotopic (exact) mass is 417 g/mol. The van der Waals surface area contributed by atoms with Gasteiger partial charge in [-0.3, -0.25) is 19.7 Å². The van der Waals surface area contributed by atoms with Gasteiger partial charge in [0.2, 0.25) is 5.91 Å². The van der Waals surface area contributed by atoms with Crippen LogP contribution in [0, 0.1) is 15.9 Å². The van der Waals surface area contributed by atoms with Gasteiger partial charge in [0.1, 0.15) is 5.82 Å². The van der Waals surface area contributed by atoms with E-state index in [1.807, 2.05) is 0 Å². The van der Waals surface area contributed by atoms with Crippen molar-refractivity contribution in [2.45, 2.75) is 17.1 Å². The van der Waals surface area contributed by atoms with E-state index >= 15 is 0 Å². The molecule has 0 radical (unpaired) electrons. The number of carbonyl (C=O) groups excluding carboxylic acids is 2. The highest BCUT2D eigenvalue weighted by molar-refractivity contribution is 8.00. The van der Waals surface area contributed by atoms with Gasteiger partial charge in [0.25, 0.3) is 11.6 Å². The van der Waals surface area contributed by atoms with Crippen molar-refractivity contribution in [2.24, 2.45) is 0 Å². The van der Waals surface area contributed by atoms with E-state index in [0.717, 1.165) is 4.90 Å². The second-order valence-corrected chi connectivity index (χ2v) is 8.05. The molecule has 0 N–H and O–H groups in total. The maximum absolute atomic E-state index is 13.0. The third kappa shape index (κ3) is 5.11. The van der Waals surface area contributed by atoms with Gasteiger partial charge in [0, 0.05) is 48.8 Å². The number of amides is 2. The number of nitro benzene ring substituents is 1. The third-order valence-corrected chi connectivity index (χ3v) is 5.78. The van der Waals surface area contributed by atoms with Crippen molar-refractivity contribution < 1.29 is 18.9 Å². The number of nitro groups is 1. The standard InChI is InChI=1S/C20H20FN3O4S/c1-14(29-18-8-6-17(7-9-18)24(27)28)19(25)22-10-12-23(13-11-22)20(26)15-2-4-16(21)5-3-15/h2-9,14H,10-13H2,1H3. The summed E-state index contributed by atoms with van der Waals surface area (Å²) in [7, 11) is 0. The minimum atomic E-state index is -0.463. The average molecular weight is 417 g/mol. The Labute approximate surface area is 171 Å². The molecule has 1 aliphatic rings. The first-order valence-electron chi connectivity index (χ1n) is 9.10. The zero-order valence-electron chi connectivity index (χ0n) is 15.8. The SMILES string of the molecule is CC(Sc1ccc([N+](=O)[O-])cc1)C(=O)N1CCN(C(=O)c2ccc(F)cc2)CC1. The lowest BCUT2D eigenvalue weighted by atomic mass is 10.1. The summed E-state index contributed by atoms with van der Waals surface area (Å²) in [5.74, 6) is -0.607. The number of hydrogen-bond acceptors (Lipinski definition) is 5. The van der Waals surface area contributed by atoms with Gasteiger partial charge in [-0.2, -0.15) is 0 Å². The van der Waals surface area contributed by atoms with E-state index in [1.54, 1.807) is 28.9 Å². The minimum absolute atomic E-state index is 0.00951. The molecular formula is C20H20FN3O4S. The smallest absolute Gasteiger partial charge is 0.269 e. The van der Waals surface area contributed by atoms with Gasteiger partial charge >= 0.3 is 0 Å². The number of piperazine rings is 1. The van der Waals surface area contributed by atoms with Crippen LogP contribution in [-0.4, -0.2) is 58.0 Å². The van der Waals surface area contributed by atoms with Crippen molar-refractivity contribution in [1.82, 2.24) is 9.80 Å². The molecule has 2 amide bonds. The summed E-state index contributed by atoms with van der Waals surface area (Å²) < 4.78 is 13.0. The van der Waals surface area contributed by atoms with E-state index < -0.39 is 10.7 Å². The van der Waals surface area contributed by atoms with Crippen molar-refractivity contribution in [3.63, 3.8) is 0 Å². The molecule has 1 saturated heterocycles. The molecule has 0 aliphatic carbocycles. The van der Waals surface area contributed by atoms with Gasteiger partial charge in [0.15, 0.2) is 0 Å². The third-order valence-electron chi connectivity index (χ3n) is 4.68. The Hall–Kier alpha value is -2.94. The van der Waals surface area contributed by atoms with Crippen molar-refractivity contribution in [3.8, 4) is 0 Å². The van der Waals surface area contributed by atoms with Crippen LogP contribution in [0.25, 0.3) is 0 Å². The number of non-ortho nitro benzene ring substituents is 1. The molecule has 3 rings (SSSR count). The molecule has 7 nitrogen and oxygen atoms in total. The van der Waals surface area contributed by atoms with Crippen LogP contribution in [0.15, 0.2) is 53.4 Å². The number of nitrogens with zero attached hydrogens (tertiary/aromatic N) is 3. The Balaban J connectivity index is 1.53. The lowest BCUT2D eigenvalue weighted by molar-refractivity contribution is -0.384. The predicted octanol–water partition coefficient (Wildman–Crippen LogP) is 3.20. The largest absolute Gasteiger partial charge is 0.338 e. The predicted molar refractivity (Wildman–Crippen MR) is 107 cm³/mol. The van der Waals surface area contributed by atoms with E-state index in [0.29, 0.717) is 31.7 Å². The van der Waals surface area contributed by atoms with Gasteiger partial charge in [-0.25, -0.2) is 4.39 Å². The second-order valence-electron chi connectivity index (χ2n) is 6.64. The lowest BCUT2D eigenvalue weighted by Crippen LogP contribution is -2.52. The molecule has 1 fully saturated rings. The van der Waals surface area contributed by atoms with E-state index in [4.69, 9.17) is 0 Å². The van der Waals surface area contributed by atoms with Crippen LogP contribution in [0.2, 0.25) is 0 Å². The molecule has 0 saturated carbocycles. The molecule has 1 unspecified atom stereocenters. The summed E-state index contributed by atoms with van der Waals surface area (Å²) in [5, 5.41) is 10.4. The molecular weight excluding hydrogens is 397 g/mol. The number of hydrogen-bond donors (Lipinski definition) is 0. The average Bonchev–Trinajstić information content (AvgIpc) is 2.73. The zero-order valence-corrected chi connectivity index (χ0v) is 16.6. The second kappa shape index (κ2) is 9.04. The summed E-state index contributed by atoms with van der Waals surface area (Å²) in [5.41, 5.74) is 0.434. The van der Waals surface area contributed by atoms with Crippen LogP contribution < -0.4 is 0 Å². The van der Waals surface area contributed by atoms with E-state index in [9.17, 15) is 24.1 Å². The van der Waals surface area contributed by atoms with Gasteiger partial charge in [-0.1, -0.05) is 0 Å². The Bertz CT molecular complexity index is 897. The Morgan fingerprint density at radius 2 is 1.55 bits per heavy atom. The van der Waals surface area contributed by atoms with Crippen LogP contribution in [0.3, 0.4) is 0 Å². The van der Waals surface area contributed by atoms with E-state index in [1.165, 1.54) is 48.2 Å². The highest BCUT2D eigenvalue weighted by atomic mass is 32.2. The molecule has 1 atom stereocenters. The topological polar surface area (TPSA) is 83.8 Å². The summed E-state index contributed by atoms with van der Waals surface area (Å²) in [4.78, 5) is 39.6. The minimum Gasteiger partial charge on any atom is -0.338 e. The number of rotatable bonds is 5. The van der Waals surface area contributed by atoms with Crippen LogP contribution in [0.4, 0.5) is 10.1 Å². The molecule has 1 aliphatic heterocycles. The quantitative estimate of drug-likeness (QED) is 0.424. The lowest BCUT2D eigenvalue weighted by Gasteiger charge is -2.36. The number of thioether (sulfide) groups is 1. The molecule has 29 heavy (non-hydrogen) atoms. The fraction of sp³-hybridized carbons (Fsp3) is 0.300. The molecule has 0 bridgehead atoms. The van der Waals surface area contributed by atoms with Gasteiger partial charge < -0.3 is 9.80 Å². The fourth-order valence-corrected chi connectivity index (χ4v) is 4.01. The molecule has 2 aromatic rings. The molecule has 0 aromatic heterocycles. The Kier molecular flexibility index (Phi) is 6.48. The summed E-state index contributed by atoms with van der Waals surface area (Å²) in [6.45, 7) is 3.48. The zero-order chi connectivity index (χ0) is 21.0. The number of carbonyl (C=O) groups is 2. The number of benzene rings is 2. The van der Waals surface area contributed by atoms with Crippen LogP contribution in [0.1, 0.15) is 17.3 Å². The van der Waals surface area contributed by atoms with Crippen molar-refractivity contribution >= 4 is 29.3 Å². The normalized spacial score (nSPS) is 15.1. The molecule has 9 heteroatoms. The summed E-state index contributed by atoms with van der Waals surface area (Å²) >= 11 is 1.34. The first kappa shape index (κ1) is 20.8. The van der Waals surface area contributed by atoms with E-state index in [-0.39, 0.29) is 22.8 Å². The van der Waals surface area contributed by atoms with Crippen LogP contribution >= 0.6 is 11.8 Å². The van der Waals surface area contributed by atoms with Crippen LogP contribution in [0.5, 0.6) is 0 Å². The maximum atomic E-state index is 13.0. The Morgan fingerprint density at radius 1 is 1.00 bits per heavy atom. The van der Waals surface area contributed by atoms with Crippen molar-refractivity contribution in [2.75, 3.05) is 26.2 Å².